The van der Waals surface area contributed by atoms with Crippen LogP contribution in [0.4, 0.5) is 0 Å². The standard InChI is InChI=1S/C25H34N2O2/c1-5-19(3)26-25(29)20(4)27(18-23-10-8-7-9-11-23)24(28)17-16-22-14-12-21(6-2)13-15-22/h7-15,19-20H,5-6,16-18H2,1-4H3,(H,26,29)/t19-,20-/m0/s1. The normalized spacial score (nSPS) is 12.8. The molecule has 0 saturated carbocycles. The molecular weight excluding hydrogens is 360 g/mol. The number of nitrogens with one attached hydrogen (secondary N) is 1. The Labute approximate surface area is 175 Å². The maximum Gasteiger partial charge on any atom is 0.242 e. The summed E-state index contributed by atoms with van der Waals surface area (Å²) in [5, 5.41) is 3.00. The smallest absolute Gasteiger partial charge is 0.242 e. The summed E-state index contributed by atoms with van der Waals surface area (Å²) in [6.45, 7) is 8.39. The Morgan fingerprint density at radius 1 is 0.897 bits per heavy atom. The first kappa shape index (κ1) is 22.7. The third-order valence-corrected chi connectivity index (χ3v) is 5.42. The minimum Gasteiger partial charge on any atom is -0.352 e. The Kier molecular flexibility index (Phi) is 8.91. The van der Waals surface area contributed by atoms with E-state index >= 15 is 0 Å². The highest BCUT2D eigenvalue weighted by molar-refractivity contribution is 5.87. The molecule has 0 aromatic heterocycles. The van der Waals surface area contributed by atoms with E-state index in [4.69, 9.17) is 0 Å². The molecular formula is C25H34N2O2. The number of amides is 2. The van der Waals surface area contributed by atoms with Crippen molar-refractivity contribution in [2.75, 3.05) is 0 Å². The lowest BCUT2D eigenvalue weighted by atomic mass is 10.0. The fraction of sp³-hybridized carbons (Fsp3) is 0.440. The summed E-state index contributed by atoms with van der Waals surface area (Å²) in [6, 6.07) is 17.8. The van der Waals surface area contributed by atoms with Crippen LogP contribution in [0.3, 0.4) is 0 Å². The Morgan fingerprint density at radius 2 is 1.52 bits per heavy atom. The first-order valence-corrected chi connectivity index (χ1v) is 10.7. The fourth-order valence-corrected chi connectivity index (χ4v) is 3.16. The highest BCUT2D eigenvalue weighted by atomic mass is 16.2. The molecule has 0 aliphatic rings. The van der Waals surface area contributed by atoms with Gasteiger partial charge in [0.05, 0.1) is 0 Å². The van der Waals surface area contributed by atoms with E-state index in [1.54, 1.807) is 4.90 Å². The van der Waals surface area contributed by atoms with Crippen molar-refractivity contribution in [3.63, 3.8) is 0 Å². The number of rotatable bonds is 10. The predicted molar refractivity (Wildman–Crippen MR) is 118 cm³/mol. The zero-order chi connectivity index (χ0) is 21.2. The van der Waals surface area contributed by atoms with Gasteiger partial charge >= 0.3 is 0 Å². The van der Waals surface area contributed by atoms with Gasteiger partial charge in [-0.3, -0.25) is 9.59 Å². The SMILES string of the molecule is CCc1ccc(CCC(=O)N(Cc2ccccc2)[C@@H](C)C(=O)N[C@@H](C)CC)cc1. The van der Waals surface area contributed by atoms with Crippen LogP contribution in [-0.4, -0.2) is 28.8 Å². The summed E-state index contributed by atoms with van der Waals surface area (Å²) in [6.07, 6.45) is 2.93. The van der Waals surface area contributed by atoms with Crippen LogP contribution in [0, 0.1) is 0 Å². The maximum atomic E-state index is 13.1. The monoisotopic (exact) mass is 394 g/mol. The topological polar surface area (TPSA) is 49.4 Å². The molecule has 2 amide bonds. The Morgan fingerprint density at radius 3 is 2.10 bits per heavy atom. The van der Waals surface area contributed by atoms with Crippen molar-refractivity contribution in [1.82, 2.24) is 10.2 Å². The zero-order valence-electron chi connectivity index (χ0n) is 18.2. The zero-order valence-corrected chi connectivity index (χ0v) is 18.2. The molecule has 2 aromatic rings. The molecule has 4 nitrogen and oxygen atoms in total. The van der Waals surface area contributed by atoms with Crippen molar-refractivity contribution in [1.29, 1.82) is 0 Å². The van der Waals surface area contributed by atoms with Crippen molar-refractivity contribution in [2.45, 2.75) is 72.0 Å². The summed E-state index contributed by atoms with van der Waals surface area (Å²) < 4.78 is 0. The third-order valence-electron chi connectivity index (χ3n) is 5.42. The molecule has 156 valence electrons. The molecule has 0 bridgehead atoms. The van der Waals surface area contributed by atoms with Crippen LogP contribution in [-0.2, 0) is 29.0 Å². The molecule has 0 aliphatic heterocycles. The molecule has 0 saturated heterocycles. The molecule has 0 spiro atoms. The predicted octanol–water partition coefficient (Wildman–Crippen LogP) is 4.51. The Balaban J connectivity index is 2.09. The number of hydrogen-bond acceptors (Lipinski definition) is 2. The van der Waals surface area contributed by atoms with Gasteiger partial charge in [0.1, 0.15) is 6.04 Å². The molecule has 2 aromatic carbocycles. The van der Waals surface area contributed by atoms with Gasteiger partial charge < -0.3 is 10.2 Å². The van der Waals surface area contributed by atoms with Gasteiger partial charge in [-0.15, -0.1) is 0 Å². The Hall–Kier alpha value is -2.62. The second-order valence-electron chi connectivity index (χ2n) is 7.67. The lowest BCUT2D eigenvalue weighted by molar-refractivity contribution is -0.140. The van der Waals surface area contributed by atoms with Crippen LogP contribution < -0.4 is 5.32 Å². The molecule has 0 unspecified atom stereocenters. The second-order valence-corrected chi connectivity index (χ2v) is 7.67. The second kappa shape index (κ2) is 11.4. The average molecular weight is 395 g/mol. The molecule has 2 rings (SSSR count). The lowest BCUT2D eigenvalue weighted by Crippen LogP contribution is -2.49. The van der Waals surface area contributed by atoms with Crippen LogP contribution in [0.25, 0.3) is 0 Å². The summed E-state index contributed by atoms with van der Waals surface area (Å²) in [5.74, 6) is -0.101. The van der Waals surface area contributed by atoms with Crippen LogP contribution >= 0.6 is 0 Å². The van der Waals surface area contributed by atoms with E-state index in [1.807, 2.05) is 51.1 Å². The van der Waals surface area contributed by atoms with Crippen molar-refractivity contribution in [2.24, 2.45) is 0 Å². The largest absolute Gasteiger partial charge is 0.352 e. The van der Waals surface area contributed by atoms with Gasteiger partial charge in [0, 0.05) is 19.0 Å². The highest BCUT2D eigenvalue weighted by Gasteiger charge is 2.26. The van der Waals surface area contributed by atoms with Crippen molar-refractivity contribution in [3.8, 4) is 0 Å². The minimum absolute atomic E-state index is 0.000206. The van der Waals surface area contributed by atoms with Crippen LogP contribution in [0.2, 0.25) is 0 Å². The summed E-state index contributed by atoms with van der Waals surface area (Å²) in [5.41, 5.74) is 3.46. The van der Waals surface area contributed by atoms with Gasteiger partial charge in [0.15, 0.2) is 0 Å². The Bertz CT molecular complexity index is 771. The fourth-order valence-electron chi connectivity index (χ4n) is 3.16. The first-order valence-electron chi connectivity index (χ1n) is 10.7. The van der Waals surface area contributed by atoms with Gasteiger partial charge in [-0.05, 0) is 49.8 Å². The van der Waals surface area contributed by atoms with Crippen molar-refractivity contribution >= 4 is 11.8 Å². The summed E-state index contributed by atoms with van der Waals surface area (Å²) in [7, 11) is 0. The van der Waals surface area contributed by atoms with E-state index in [2.05, 4.69) is 36.5 Å². The van der Waals surface area contributed by atoms with E-state index in [1.165, 1.54) is 5.56 Å². The van der Waals surface area contributed by atoms with Gasteiger partial charge in [0.2, 0.25) is 11.8 Å². The van der Waals surface area contributed by atoms with Gasteiger partial charge in [-0.1, -0.05) is 68.4 Å². The summed E-state index contributed by atoms with van der Waals surface area (Å²) in [4.78, 5) is 27.5. The third kappa shape index (κ3) is 7.04. The lowest BCUT2D eigenvalue weighted by Gasteiger charge is -2.29. The number of hydrogen-bond donors (Lipinski definition) is 1. The maximum absolute atomic E-state index is 13.1. The molecule has 0 aliphatic carbocycles. The van der Waals surface area contributed by atoms with E-state index in [0.29, 0.717) is 19.4 Å². The van der Waals surface area contributed by atoms with Gasteiger partial charge in [-0.2, -0.15) is 0 Å². The van der Waals surface area contributed by atoms with Crippen LogP contribution in [0.5, 0.6) is 0 Å². The van der Waals surface area contributed by atoms with Gasteiger partial charge in [-0.25, -0.2) is 0 Å². The minimum atomic E-state index is -0.515. The van der Waals surface area contributed by atoms with Crippen LogP contribution in [0.1, 0.15) is 57.2 Å². The van der Waals surface area contributed by atoms with E-state index in [9.17, 15) is 9.59 Å². The van der Waals surface area contributed by atoms with Crippen molar-refractivity contribution < 1.29 is 9.59 Å². The van der Waals surface area contributed by atoms with E-state index < -0.39 is 6.04 Å². The average Bonchev–Trinajstić information content (AvgIpc) is 2.76. The molecule has 4 heteroatoms. The number of aryl methyl sites for hydroxylation is 2. The van der Waals surface area contributed by atoms with E-state index in [-0.39, 0.29) is 17.9 Å². The van der Waals surface area contributed by atoms with Crippen molar-refractivity contribution in [3.05, 3.63) is 71.3 Å². The van der Waals surface area contributed by atoms with E-state index in [0.717, 1.165) is 24.0 Å². The number of carbonyl (C=O) groups excluding carboxylic acids is 2. The number of nitrogens with zero attached hydrogens (tertiary/aromatic N) is 1. The molecule has 0 radical (unpaired) electrons. The molecule has 1 N–H and O–H groups in total. The summed E-state index contributed by atoms with van der Waals surface area (Å²) >= 11 is 0. The molecule has 0 heterocycles. The quantitative estimate of drug-likeness (QED) is 0.644. The van der Waals surface area contributed by atoms with Gasteiger partial charge in [0.25, 0.3) is 0 Å². The first-order chi connectivity index (χ1) is 13.9. The molecule has 0 fully saturated rings. The number of benzene rings is 2. The molecule has 2 atom stereocenters. The van der Waals surface area contributed by atoms with Crippen LogP contribution in [0.15, 0.2) is 54.6 Å². The highest BCUT2D eigenvalue weighted by Crippen LogP contribution is 2.14. The molecule has 29 heavy (non-hydrogen) atoms. The number of carbonyl (C=O) groups is 2.